The highest BCUT2D eigenvalue weighted by Crippen LogP contribution is 2.38. The molecule has 1 atom stereocenters. The van der Waals surface area contributed by atoms with Gasteiger partial charge in [0.1, 0.15) is 6.61 Å². The molecule has 1 amide bonds. The van der Waals surface area contributed by atoms with E-state index in [1.54, 1.807) is 6.07 Å². The Morgan fingerprint density at radius 2 is 2.06 bits per heavy atom. The normalized spacial score (nSPS) is 15.5. The van der Waals surface area contributed by atoms with Gasteiger partial charge in [-0.3, -0.25) is 14.9 Å². The van der Waals surface area contributed by atoms with Crippen LogP contribution in [0, 0.1) is 10.1 Å². The van der Waals surface area contributed by atoms with Crippen molar-refractivity contribution in [1.82, 2.24) is 5.43 Å². The summed E-state index contributed by atoms with van der Waals surface area (Å²) >= 11 is 0. The number of methoxy groups -OCH3 is 1. The van der Waals surface area contributed by atoms with Crippen LogP contribution in [0.1, 0.15) is 31.9 Å². The lowest BCUT2D eigenvalue weighted by Crippen LogP contribution is -2.42. The predicted molar refractivity (Wildman–Crippen MR) is 112 cm³/mol. The molecule has 2 aromatic rings. The molecule has 10 nitrogen and oxygen atoms in total. The summed E-state index contributed by atoms with van der Waals surface area (Å²) in [7, 11) is 1.20. The third-order valence-electron chi connectivity index (χ3n) is 4.67. The highest BCUT2D eigenvalue weighted by Gasteiger charge is 2.29. The van der Waals surface area contributed by atoms with Gasteiger partial charge in [-0.05, 0) is 35.2 Å². The van der Waals surface area contributed by atoms with Gasteiger partial charge in [0.15, 0.2) is 17.2 Å². The maximum absolute atomic E-state index is 12.4. The van der Waals surface area contributed by atoms with Crippen molar-refractivity contribution in [1.29, 1.82) is 0 Å². The maximum atomic E-state index is 12.4. The molecule has 3 rings (SSSR count). The summed E-state index contributed by atoms with van der Waals surface area (Å²) in [6.07, 6.45) is 0.150. The predicted octanol–water partition coefficient (Wildman–Crippen LogP) is 2.90. The fraction of sp³-hybridized carbons (Fsp3) is 0.333. The Labute approximate surface area is 178 Å². The van der Waals surface area contributed by atoms with Crippen LogP contribution in [0.2, 0.25) is 0 Å². The molecule has 1 heterocycles. The number of carbonyl (C=O) groups is 1. The number of hydrazone groups is 1. The monoisotopic (exact) mass is 429 g/mol. The Morgan fingerprint density at radius 3 is 2.71 bits per heavy atom. The Bertz CT molecular complexity index is 1040. The van der Waals surface area contributed by atoms with Crippen LogP contribution < -0.4 is 19.6 Å². The first kappa shape index (κ1) is 21.9. The molecule has 10 heteroatoms. The first-order valence-electron chi connectivity index (χ1n) is 9.43. The molecule has 0 spiro atoms. The molecule has 31 heavy (non-hydrogen) atoms. The number of carbonyl (C=O) groups excluding carboxylic acids is 1. The van der Waals surface area contributed by atoms with Gasteiger partial charge >= 0.3 is 5.69 Å². The number of benzene rings is 2. The molecule has 0 aliphatic carbocycles. The molecule has 1 aliphatic heterocycles. The summed E-state index contributed by atoms with van der Waals surface area (Å²) in [5.74, 6) is -0.238. The summed E-state index contributed by atoms with van der Waals surface area (Å²) in [6, 6.07) is 8.11. The van der Waals surface area contributed by atoms with Gasteiger partial charge in [0.2, 0.25) is 11.9 Å². The number of nitrogens with zero attached hydrogens (tertiary/aromatic N) is 2. The van der Waals surface area contributed by atoms with Crippen LogP contribution in [-0.2, 0) is 10.2 Å². The second kappa shape index (κ2) is 8.50. The second-order valence-corrected chi connectivity index (χ2v) is 7.88. The van der Waals surface area contributed by atoms with Crippen LogP contribution in [-0.4, -0.2) is 42.0 Å². The minimum atomic E-state index is -0.941. The van der Waals surface area contributed by atoms with Crippen molar-refractivity contribution in [2.24, 2.45) is 5.10 Å². The van der Waals surface area contributed by atoms with Crippen LogP contribution in [0.4, 0.5) is 5.69 Å². The number of hydrogen-bond acceptors (Lipinski definition) is 8. The molecule has 0 bridgehead atoms. The zero-order chi connectivity index (χ0) is 22.8. The number of fused-ring (bicyclic) bond motifs is 1. The minimum absolute atomic E-state index is 0.00357. The summed E-state index contributed by atoms with van der Waals surface area (Å²) in [5.41, 5.74) is 2.80. The quantitative estimate of drug-likeness (QED) is 0.424. The number of phenols is 1. The van der Waals surface area contributed by atoms with E-state index in [0.29, 0.717) is 11.5 Å². The minimum Gasteiger partial charge on any atom is -0.504 e. The lowest BCUT2D eigenvalue weighted by Gasteiger charge is -2.27. The average Bonchev–Trinajstić information content (AvgIpc) is 2.72. The fourth-order valence-corrected chi connectivity index (χ4v) is 2.97. The number of hydrogen-bond donors (Lipinski definition) is 2. The number of phenolic OH excluding ortho intramolecular Hbond substituents is 1. The lowest BCUT2D eigenvalue weighted by molar-refractivity contribution is -0.386. The van der Waals surface area contributed by atoms with E-state index in [-0.39, 0.29) is 29.1 Å². The molecule has 164 valence electrons. The topological polar surface area (TPSA) is 133 Å². The Morgan fingerprint density at radius 1 is 1.32 bits per heavy atom. The molecular weight excluding hydrogens is 406 g/mol. The molecule has 0 aromatic heterocycles. The van der Waals surface area contributed by atoms with Crippen molar-refractivity contribution >= 4 is 17.8 Å². The fourth-order valence-electron chi connectivity index (χ4n) is 2.97. The van der Waals surface area contributed by atoms with Gasteiger partial charge in [-0.2, -0.15) is 5.10 Å². The lowest BCUT2D eigenvalue weighted by atomic mass is 9.87. The van der Waals surface area contributed by atoms with Crippen LogP contribution >= 0.6 is 0 Å². The SMILES string of the molecule is COc1c(O)ccc(/C=N/NC(=O)C2COc3ccc(C(C)(C)C)cc3O2)c1[N+](=O)[O-]. The van der Waals surface area contributed by atoms with E-state index in [1.807, 2.05) is 12.1 Å². The zero-order valence-electron chi connectivity index (χ0n) is 17.5. The number of rotatable bonds is 5. The van der Waals surface area contributed by atoms with E-state index in [9.17, 15) is 20.0 Å². The van der Waals surface area contributed by atoms with Crippen molar-refractivity contribution in [3.8, 4) is 23.0 Å². The molecule has 2 aromatic carbocycles. The Balaban J connectivity index is 1.73. The van der Waals surface area contributed by atoms with Gasteiger partial charge in [0, 0.05) is 0 Å². The molecular formula is C21H23N3O7. The summed E-state index contributed by atoms with van der Waals surface area (Å²) in [5, 5.41) is 24.8. The third-order valence-corrected chi connectivity index (χ3v) is 4.67. The van der Waals surface area contributed by atoms with E-state index in [2.05, 4.69) is 31.3 Å². The highest BCUT2D eigenvalue weighted by atomic mass is 16.6. The van der Waals surface area contributed by atoms with Crippen LogP contribution in [0.25, 0.3) is 0 Å². The first-order valence-corrected chi connectivity index (χ1v) is 9.43. The standard InChI is InChI=1S/C21H23N3O7/c1-21(2,3)13-6-8-15-16(9-13)31-17(11-30-15)20(26)23-22-10-12-5-7-14(25)19(29-4)18(12)24(27)28/h5-10,17,25H,11H2,1-4H3,(H,23,26)/b22-10+. The molecule has 0 saturated heterocycles. The van der Waals surface area contributed by atoms with Gasteiger partial charge < -0.3 is 19.3 Å². The Hall–Kier alpha value is -3.82. The van der Waals surface area contributed by atoms with Crippen molar-refractivity contribution in [3.05, 3.63) is 51.6 Å². The molecule has 0 saturated carbocycles. The van der Waals surface area contributed by atoms with E-state index >= 15 is 0 Å². The van der Waals surface area contributed by atoms with Crippen LogP contribution in [0.15, 0.2) is 35.4 Å². The largest absolute Gasteiger partial charge is 0.504 e. The van der Waals surface area contributed by atoms with E-state index in [1.165, 1.54) is 19.2 Å². The molecule has 1 unspecified atom stereocenters. The van der Waals surface area contributed by atoms with E-state index in [0.717, 1.165) is 11.8 Å². The van der Waals surface area contributed by atoms with Gasteiger partial charge in [-0.1, -0.05) is 26.8 Å². The summed E-state index contributed by atoms with van der Waals surface area (Å²) < 4.78 is 16.3. The average molecular weight is 429 g/mol. The van der Waals surface area contributed by atoms with Crippen molar-refractivity contribution in [2.75, 3.05) is 13.7 Å². The van der Waals surface area contributed by atoms with Gasteiger partial charge in [-0.25, -0.2) is 5.43 Å². The van der Waals surface area contributed by atoms with E-state index < -0.39 is 22.6 Å². The van der Waals surface area contributed by atoms with Crippen molar-refractivity contribution in [2.45, 2.75) is 32.3 Å². The number of nitro benzene ring substituents is 1. The number of nitro groups is 1. The number of nitrogens with one attached hydrogen (secondary N) is 1. The third kappa shape index (κ3) is 4.68. The first-order chi connectivity index (χ1) is 14.6. The number of ether oxygens (including phenoxy) is 3. The molecule has 0 radical (unpaired) electrons. The van der Waals surface area contributed by atoms with Crippen molar-refractivity contribution in [3.63, 3.8) is 0 Å². The molecule has 2 N–H and O–H groups in total. The number of aromatic hydroxyl groups is 1. The van der Waals surface area contributed by atoms with Crippen molar-refractivity contribution < 1.29 is 29.0 Å². The van der Waals surface area contributed by atoms with Gasteiger partial charge in [0.05, 0.1) is 23.8 Å². The van der Waals surface area contributed by atoms with Crippen LogP contribution in [0.5, 0.6) is 23.0 Å². The summed E-state index contributed by atoms with van der Waals surface area (Å²) in [4.78, 5) is 23.1. The molecule has 0 fully saturated rings. The van der Waals surface area contributed by atoms with E-state index in [4.69, 9.17) is 14.2 Å². The smallest absolute Gasteiger partial charge is 0.323 e. The zero-order valence-corrected chi connectivity index (χ0v) is 17.5. The van der Waals surface area contributed by atoms with Crippen LogP contribution in [0.3, 0.4) is 0 Å². The molecule has 1 aliphatic rings. The number of amides is 1. The highest BCUT2D eigenvalue weighted by molar-refractivity contribution is 5.90. The van der Waals surface area contributed by atoms with Gasteiger partial charge in [-0.15, -0.1) is 0 Å². The maximum Gasteiger partial charge on any atom is 0.323 e. The van der Waals surface area contributed by atoms with Gasteiger partial charge in [0.25, 0.3) is 5.91 Å². The summed E-state index contributed by atoms with van der Waals surface area (Å²) in [6.45, 7) is 6.19. The second-order valence-electron chi connectivity index (χ2n) is 7.88. The Kier molecular flexibility index (Phi) is 6.00.